The number of imidazole rings is 1. The van der Waals surface area contributed by atoms with Gasteiger partial charge in [-0.25, -0.2) is 14.5 Å². The molecule has 0 aromatic carbocycles. The second kappa shape index (κ2) is 5.21. The lowest BCUT2D eigenvalue weighted by Crippen LogP contribution is -2.08. The van der Waals surface area contributed by atoms with Crippen LogP contribution in [0.1, 0.15) is 10.5 Å². The molecule has 0 saturated heterocycles. The third-order valence-corrected chi connectivity index (χ3v) is 3.10. The average Bonchev–Trinajstić information content (AvgIpc) is 2.91. The Kier molecular flexibility index (Phi) is 3.66. The smallest absolute Gasteiger partial charge is 0.358 e. The van der Waals surface area contributed by atoms with Crippen LogP contribution in [0.15, 0.2) is 12.5 Å². The highest BCUT2D eigenvalue weighted by atomic mass is 32.2. The van der Waals surface area contributed by atoms with Gasteiger partial charge in [0, 0.05) is 12.8 Å². The van der Waals surface area contributed by atoms with Crippen molar-refractivity contribution in [1.29, 1.82) is 0 Å². The van der Waals surface area contributed by atoms with E-state index in [0.29, 0.717) is 17.9 Å². The van der Waals surface area contributed by atoms with Gasteiger partial charge in [-0.2, -0.15) is 11.8 Å². The number of aromatic nitrogens is 5. The van der Waals surface area contributed by atoms with Gasteiger partial charge in [0.1, 0.15) is 5.69 Å². The molecule has 0 unspecified atom stereocenters. The number of hydrogen-bond acceptors (Lipinski definition) is 5. The van der Waals surface area contributed by atoms with Gasteiger partial charge in [-0.1, -0.05) is 5.21 Å². The van der Waals surface area contributed by atoms with Crippen LogP contribution in [0.25, 0.3) is 11.4 Å². The Morgan fingerprint density at radius 1 is 1.56 bits per heavy atom. The maximum absolute atomic E-state index is 11.2. The van der Waals surface area contributed by atoms with Crippen LogP contribution in [0, 0.1) is 0 Å². The Labute approximate surface area is 108 Å². The molecule has 0 radical (unpaired) electrons. The average molecular weight is 267 g/mol. The molecule has 0 spiro atoms. The second-order valence-electron chi connectivity index (χ2n) is 3.70. The van der Waals surface area contributed by atoms with E-state index in [1.54, 1.807) is 40.6 Å². The molecule has 8 heteroatoms. The Hall–Kier alpha value is -1.83. The summed E-state index contributed by atoms with van der Waals surface area (Å²) in [4.78, 5) is 15.2. The minimum Gasteiger partial charge on any atom is -0.476 e. The van der Waals surface area contributed by atoms with Crippen molar-refractivity contribution < 1.29 is 9.90 Å². The maximum atomic E-state index is 11.2. The zero-order valence-electron chi connectivity index (χ0n) is 10.1. The minimum atomic E-state index is -1.08. The van der Waals surface area contributed by atoms with Crippen LogP contribution in [0.3, 0.4) is 0 Å². The number of aromatic carboxylic acids is 1. The number of nitrogens with zero attached hydrogens (tertiary/aromatic N) is 5. The molecule has 2 heterocycles. The van der Waals surface area contributed by atoms with Crippen molar-refractivity contribution in [2.75, 3.05) is 12.0 Å². The van der Waals surface area contributed by atoms with Crippen molar-refractivity contribution in [2.45, 2.75) is 6.54 Å². The molecule has 7 nitrogen and oxygen atoms in total. The first-order valence-electron chi connectivity index (χ1n) is 5.27. The van der Waals surface area contributed by atoms with E-state index < -0.39 is 5.97 Å². The minimum absolute atomic E-state index is 0.0419. The highest BCUT2D eigenvalue weighted by Gasteiger charge is 2.22. The number of carboxylic acids is 1. The van der Waals surface area contributed by atoms with Crippen LogP contribution in [0.5, 0.6) is 0 Å². The molecule has 0 aliphatic carbocycles. The molecule has 0 aliphatic rings. The van der Waals surface area contributed by atoms with Gasteiger partial charge in [-0.3, -0.25) is 0 Å². The molecular formula is C10H13N5O2S. The van der Waals surface area contributed by atoms with E-state index in [0.717, 1.165) is 5.75 Å². The molecule has 0 atom stereocenters. The summed E-state index contributed by atoms with van der Waals surface area (Å²) in [6.45, 7) is 0.613. The van der Waals surface area contributed by atoms with E-state index in [-0.39, 0.29) is 5.69 Å². The zero-order valence-corrected chi connectivity index (χ0v) is 10.9. The second-order valence-corrected chi connectivity index (χ2v) is 4.68. The normalized spacial score (nSPS) is 10.8. The Bertz CT molecular complexity index is 562. The fraction of sp³-hybridized carbons (Fsp3) is 0.400. The van der Waals surface area contributed by atoms with Gasteiger partial charge in [0.05, 0.1) is 24.8 Å². The Balaban J connectivity index is 2.50. The van der Waals surface area contributed by atoms with E-state index >= 15 is 0 Å². The van der Waals surface area contributed by atoms with Crippen molar-refractivity contribution >= 4 is 17.7 Å². The van der Waals surface area contributed by atoms with E-state index in [1.807, 2.05) is 6.26 Å². The lowest BCUT2D eigenvalue weighted by atomic mass is 10.2. The SMILES string of the molecule is CSCCn1nnc(C(=O)O)c1-c1cncn1C. The molecule has 0 aliphatic heterocycles. The summed E-state index contributed by atoms with van der Waals surface area (Å²) in [6, 6.07) is 0. The Morgan fingerprint density at radius 3 is 2.89 bits per heavy atom. The zero-order chi connectivity index (χ0) is 13.1. The molecule has 0 bridgehead atoms. The first-order valence-corrected chi connectivity index (χ1v) is 6.67. The maximum Gasteiger partial charge on any atom is 0.358 e. The monoisotopic (exact) mass is 267 g/mol. The molecule has 2 aromatic heterocycles. The van der Waals surface area contributed by atoms with Crippen LogP contribution in [0.2, 0.25) is 0 Å². The van der Waals surface area contributed by atoms with Gasteiger partial charge in [-0.05, 0) is 6.26 Å². The number of aryl methyl sites for hydroxylation is 2. The van der Waals surface area contributed by atoms with E-state index in [1.165, 1.54) is 0 Å². The lowest BCUT2D eigenvalue weighted by Gasteiger charge is -2.06. The number of carboxylic acid groups (broad SMARTS) is 1. The number of carbonyl (C=O) groups is 1. The molecule has 0 saturated carbocycles. The van der Waals surface area contributed by atoms with E-state index in [4.69, 9.17) is 5.11 Å². The highest BCUT2D eigenvalue weighted by molar-refractivity contribution is 7.98. The summed E-state index contributed by atoms with van der Waals surface area (Å²) in [5.41, 5.74) is 1.15. The summed E-state index contributed by atoms with van der Waals surface area (Å²) in [5.74, 6) is -0.241. The lowest BCUT2D eigenvalue weighted by molar-refractivity contribution is 0.0691. The number of hydrogen-bond donors (Lipinski definition) is 1. The Morgan fingerprint density at radius 2 is 2.33 bits per heavy atom. The summed E-state index contributed by atoms with van der Waals surface area (Å²) < 4.78 is 3.36. The molecule has 0 fully saturated rings. The van der Waals surface area contributed by atoms with Crippen LogP contribution < -0.4 is 0 Å². The van der Waals surface area contributed by atoms with Gasteiger partial charge >= 0.3 is 5.97 Å². The predicted molar refractivity (Wildman–Crippen MR) is 67.6 cm³/mol. The van der Waals surface area contributed by atoms with Crippen LogP contribution in [-0.4, -0.2) is 47.6 Å². The number of thioether (sulfide) groups is 1. The molecule has 0 amide bonds. The van der Waals surface area contributed by atoms with Gasteiger partial charge in [-0.15, -0.1) is 5.10 Å². The highest BCUT2D eigenvalue weighted by Crippen LogP contribution is 2.21. The number of rotatable bonds is 5. The summed E-state index contributed by atoms with van der Waals surface area (Å²) in [5, 5.41) is 16.8. The largest absolute Gasteiger partial charge is 0.476 e. The van der Waals surface area contributed by atoms with Crippen molar-refractivity contribution in [1.82, 2.24) is 24.5 Å². The molecule has 96 valence electrons. The quantitative estimate of drug-likeness (QED) is 0.860. The molecule has 2 aromatic rings. The molecule has 1 N–H and O–H groups in total. The third-order valence-electron chi connectivity index (χ3n) is 2.50. The molecular weight excluding hydrogens is 254 g/mol. The van der Waals surface area contributed by atoms with Crippen molar-refractivity contribution in [2.24, 2.45) is 7.05 Å². The van der Waals surface area contributed by atoms with Crippen molar-refractivity contribution in [3.8, 4) is 11.4 Å². The van der Waals surface area contributed by atoms with Gasteiger partial charge in [0.25, 0.3) is 0 Å². The molecule has 18 heavy (non-hydrogen) atoms. The van der Waals surface area contributed by atoms with Crippen LogP contribution >= 0.6 is 11.8 Å². The topological polar surface area (TPSA) is 85.8 Å². The van der Waals surface area contributed by atoms with Gasteiger partial charge in [0.2, 0.25) is 0 Å². The third kappa shape index (κ3) is 2.23. The van der Waals surface area contributed by atoms with Crippen molar-refractivity contribution in [3.05, 3.63) is 18.2 Å². The van der Waals surface area contributed by atoms with Gasteiger partial charge in [0.15, 0.2) is 5.69 Å². The standard InChI is InChI=1S/C10H13N5O2S/c1-14-6-11-5-7(14)9-8(10(16)17)12-13-15(9)3-4-18-2/h5-6H,3-4H2,1-2H3,(H,16,17). The van der Waals surface area contributed by atoms with Crippen LogP contribution in [-0.2, 0) is 13.6 Å². The first kappa shape index (κ1) is 12.6. The van der Waals surface area contributed by atoms with Gasteiger partial charge < -0.3 is 9.67 Å². The first-order chi connectivity index (χ1) is 8.65. The fourth-order valence-electron chi connectivity index (χ4n) is 1.63. The summed E-state index contributed by atoms with van der Waals surface area (Å²) >= 11 is 1.67. The summed E-state index contributed by atoms with van der Waals surface area (Å²) in [6.07, 6.45) is 5.21. The predicted octanol–water partition coefficient (Wildman–Crippen LogP) is 0.740. The fourth-order valence-corrected chi connectivity index (χ4v) is 1.99. The van der Waals surface area contributed by atoms with Crippen LogP contribution in [0.4, 0.5) is 0 Å². The van der Waals surface area contributed by atoms with Crippen molar-refractivity contribution in [3.63, 3.8) is 0 Å². The van der Waals surface area contributed by atoms with E-state index in [2.05, 4.69) is 15.3 Å². The molecule has 2 rings (SSSR count). The van der Waals surface area contributed by atoms with E-state index in [9.17, 15) is 4.79 Å². The summed E-state index contributed by atoms with van der Waals surface area (Å²) in [7, 11) is 1.81.